The highest BCUT2D eigenvalue weighted by molar-refractivity contribution is 9.10. The molecule has 100 valence electrons. The molecule has 0 spiro atoms. The van der Waals surface area contributed by atoms with Crippen molar-refractivity contribution in [3.05, 3.63) is 34.3 Å². The molecule has 1 aromatic rings. The molecule has 1 aliphatic rings. The lowest BCUT2D eigenvalue weighted by atomic mass is 9.65. The molecule has 1 saturated carbocycles. The largest absolute Gasteiger partial charge is 0.330 e. The minimum atomic E-state index is 0.484. The third kappa shape index (κ3) is 3.36. The molecule has 0 saturated heterocycles. The summed E-state index contributed by atoms with van der Waals surface area (Å²) in [4.78, 5) is 0. The Morgan fingerprint density at radius 3 is 2.67 bits per heavy atom. The van der Waals surface area contributed by atoms with Gasteiger partial charge < -0.3 is 5.73 Å². The van der Waals surface area contributed by atoms with Gasteiger partial charge in [-0.1, -0.05) is 48.0 Å². The lowest BCUT2D eigenvalue weighted by Gasteiger charge is -2.40. The van der Waals surface area contributed by atoms with Crippen molar-refractivity contribution < 1.29 is 0 Å². The molecule has 0 aliphatic heterocycles. The van der Waals surface area contributed by atoms with Crippen LogP contribution >= 0.6 is 15.9 Å². The Bertz CT molecular complexity index is 400. The van der Waals surface area contributed by atoms with Crippen LogP contribution in [0.1, 0.15) is 38.7 Å². The highest BCUT2D eigenvalue weighted by Gasteiger charge is 2.34. The van der Waals surface area contributed by atoms with Gasteiger partial charge in [0, 0.05) is 4.47 Å². The summed E-state index contributed by atoms with van der Waals surface area (Å²) < 4.78 is 1.24. The first-order chi connectivity index (χ1) is 8.52. The molecule has 1 aliphatic carbocycles. The zero-order chi connectivity index (χ0) is 13.2. The minimum Gasteiger partial charge on any atom is -0.330 e. The molecule has 1 fully saturated rings. The SMILES string of the molecule is CC1(C)CCC(CN)C(Cc2ccccc2Br)C1. The topological polar surface area (TPSA) is 26.0 Å². The number of halogens is 1. The van der Waals surface area contributed by atoms with Gasteiger partial charge in [-0.2, -0.15) is 0 Å². The summed E-state index contributed by atoms with van der Waals surface area (Å²) in [5.74, 6) is 1.43. The van der Waals surface area contributed by atoms with E-state index in [9.17, 15) is 0 Å². The summed E-state index contributed by atoms with van der Waals surface area (Å²) in [5, 5.41) is 0. The number of nitrogens with two attached hydrogens (primary N) is 1. The molecule has 2 unspecified atom stereocenters. The second-order valence-electron chi connectivity index (χ2n) is 6.46. The summed E-state index contributed by atoms with van der Waals surface area (Å²) in [7, 11) is 0. The fourth-order valence-corrected chi connectivity index (χ4v) is 3.73. The average molecular weight is 310 g/mol. The van der Waals surface area contributed by atoms with E-state index in [0.717, 1.165) is 18.9 Å². The van der Waals surface area contributed by atoms with Gasteiger partial charge in [0.15, 0.2) is 0 Å². The van der Waals surface area contributed by atoms with E-state index in [1.807, 2.05) is 0 Å². The molecule has 2 N–H and O–H groups in total. The van der Waals surface area contributed by atoms with Gasteiger partial charge in [0.05, 0.1) is 0 Å². The number of rotatable bonds is 3. The third-order valence-corrected chi connectivity index (χ3v) is 5.19. The maximum atomic E-state index is 5.96. The average Bonchev–Trinajstić information content (AvgIpc) is 2.31. The molecule has 1 nitrogen and oxygen atoms in total. The highest BCUT2D eigenvalue weighted by Crippen LogP contribution is 2.43. The van der Waals surface area contributed by atoms with E-state index in [0.29, 0.717) is 11.3 Å². The molecule has 0 amide bonds. The number of hydrogen-bond donors (Lipinski definition) is 1. The Hall–Kier alpha value is -0.340. The highest BCUT2D eigenvalue weighted by atomic mass is 79.9. The minimum absolute atomic E-state index is 0.484. The van der Waals surface area contributed by atoms with E-state index in [1.54, 1.807) is 0 Å². The van der Waals surface area contributed by atoms with E-state index in [-0.39, 0.29) is 0 Å². The maximum absolute atomic E-state index is 5.96. The first-order valence-electron chi connectivity index (χ1n) is 6.95. The zero-order valence-corrected chi connectivity index (χ0v) is 13.0. The summed E-state index contributed by atoms with van der Waals surface area (Å²) in [6, 6.07) is 8.59. The molecule has 1 aromatic carbocycles. The Morgan fingerprint density at radius 1 is 1.28 bits per heavy atom. The van der Waals surface area contributed by atoms with Crippen LogP contribution < -0.4 is 5.73 Å². The van der Waals surface area contributed by atoms with Crippen LogP contribution in [-0.4, -0.2) is 6.54 Å². The van der Waals surface area contributed by atoms with Crippen LogP contribution in [0.15, 0.2) is 28.7 Å². The second kappa shape index (κ2) is 5.75. The molecular weight excluding hydrogens is 286 g/mol. The molecule has 0 bridgehead atoms. The summed E-state index contributed by atoms with van der Waals surface area (Å²) in [6.45, 7) is 5.63. The molecule has 2 rings (SSSR count). The Labute approximate surface area is 119 Å². The van der Waals surface area contributed by atoms with E-state index in [2.05, 4.69) is 54.0 Å². The van der Waals surface area contributed by atoms with Crippen molar-refractivity contribution in [2.75, 3.05) is 6.54 Å². The van der Waals surface area contributed by atoms with Crippen molar-refractivity contribution in [3.63, 3.8) is 0 Å². The van der Waals surface area contributed by atoms with Gasteiger partial charge in [-0.05, 0) is 61.1 Å². The van der Waals surface area contributed by atoms with Crippen molar-refractivity contribution in [2.45, 2.75) is 39.5 Å². The number of hydrogen-bond acceptors (Lipinski definition) is 1. The maximum Gasteiger partial charge on any atom is 0.0207 e. The Balaban J connectivity index is 2.12. The quantitative estimate of drug-likeness (QED) is 0.880. The van der Waals surface area contributed by atoms with Crippen molar-refractivity contribution in [1.82, 2.24) is 0 Å². The fraction of sp³-hybridized carbons (Fsp3) is 0.625. The predicted octanol–water partition coefficient (Wildman–Crippen LogP) is 4.39. The Morgan fingerprint density at radius 2 is 2.00 bits per heavy atom. The molecule has 0 aromatic heterocycles. The van der Waals surface area contributed by atoms with Gasteiger partial charge in [-0.15, -0.1) is 0 Å². The van der Waals surface area contributed by atoms with Gasteiger partial charge in [-0.3, -0.25) is 0 Å². The Kier molecular flexibility index (Phi) is 4.50. The van der Waals surface area contributed by atoms with E-state index in [4.69, 9.17) is 5.73 Å². The van der Waals surface area contributed by atoms with Gasteiger partial charge in [0.2, 0.25) is 0 Å². The number of benzene rings is 1. The normalized spacial score (nSPS) is 27.1. The van der Waals surface area contributed by atoms with Crippen LogP contribution in [-0.2, 0) is 6.42 Å². The first kappa shape index (κ1) is 14.1. The van der Waals surface area contributed by atoms with Crippen molar-refractivity contribution in [1.29, 1.82) is 0 Å². The zero-order valence-electron chi connectivity index (χ0n) is 11.5. The lowest BCUT2D eigenvalue weighted by molar-refractivity contribution is 0.121. The van der Waals surface area contributed by atoms with Crippen LogP contribution in [0, 0.1) is 17.3 Å². The van der Waals surface area contributed by atoms with Gasteiger partial charge in [-0.25, -0.2) is 0 Å². The van der Waals surface area contributed by atoms with E-state index < -0.39 is 0 Å². The third-order valence-electron chi connectivity index (χ3n) is 4.42. The van der Waals surface area contributed by atoms with Crippen molar-refractivity contribution >= 4 is 15.9 Å². The summed E-state index contributed by atoms with van der Waals surface area (Å²) in [6.07, 6.45) is 5.07. The van der Waals surface area contributed by atoms with Gasteiger partial charge >= 0.3 is 0 Å². The summed E-state index contributed by atoms with van der Waals surface area (Å²) >= 11 is 3.66. The van der Waals surface area contributed by atoms with Crippen molar-refractivity contribution in [3.8, 4) is 0 Å². The molecule has 18 heavy (non-hydrogen) atoms. The molecule has 0 radical (unpaired) electrons. The second-order valence-corrected chi connectivity index (χ2v) is 7.31. The van der Waals surface area contributed by atoms with Crippen LogP contribution in [0.25, 0.3) is 0 Å². The monoisotopic (exact) mass is 309 g/mol. The predicted molar refractivity (Wildman–Crippen MR) is 81.5 cm³/mol. The fourth-order valence-electron chi connectivity index (χ4n) is 3.29. The first-order valence-corrected chi connectivity index (χ1v) is 7.74. The molecular formula is C16H24BrN. The van der Waals surface area contributed by atoms with Crippen molar-refractivity contribution in [2.24, 2.45) is 23.0 Å². The van der Waals surface area contributed by atoms with E-state index in [1.165, 1.54) is 29.3 Å². The van der Waals surface area contributed by atoms with Crippen LogP contribution in [0.3, 0.4) is 0 Å². The molecule has 2 atom stereocenters. The molecule has 2 heteroatoms. The van der Waals surface area contributed by atoms with Crippen LogP contribution in [0.4, 0.5) is 0 Å². The smallest absolute Gasteiger partial charge is 0.0207 e. The van der Waals surface area contributed by atoms with Crippen LogP contribution in [0.2, 0.25) is 0 Å². The standard InChI is InChI=1S/C16H24BrN/c1-16(2)8-7-13(11-18)14(10-16)9-12-5-3-4-6-15(12)17/h3-6,13-14H,7-11,18H2,1-2H3. The van der Waals surface area contributed by atoms with Gasteiger partial charge in [0.25, 0.3) is 0 Å². The van der Waals surface area contributed by atoms with Crippen LogP contribution in [0.5, 0.6) is 0 Å². The van der Waals surface area contributed by atoms with Gasteiger partial charge in [0.1, 0.15) is 0 Å². The molecule has 0 heterocycles. The lowest BCUT2D eigenvalue weighted by Crippen LogP contribution is -2.35. The summed E-state index contributed by atoms with van der Waals surface area (Å²) in [5.41, 5.74) is 7.88. The van der Waals surface area contributed by atoms with E-state index >= 15 is 0 Å².